The summed E-state index contributed by atoms with van der Waals surface area (Å²) >= 11 is 0. The van der Waals surface area contributed by atoms with Gasteiger partial charge in [0.15, 0.2) is 6.29 Å². The number of carbonyl (C=O) groups is 1. The Labute approximate surface area is 192 Å². The van der Waals surface area contributed by atoms with Crippen molar-refractivity contribution in [2.75, 3.05) is 6.61 Å². The molecule has 2 saturated carbocycles. The van der Waals surface area contributed by atoms with Gasteiger partial charge in [-0.3, -0.25) is 4.79 Å². The number of nitrogens with zero attached hydrogens (tertiary/aromatic N) is 1. The highest BCUT2D eigenvalue weighted by Crippen LogP contribution is 2.63. The van der Waals surface area contributed by atoms with Crippen molar-refractivity contribution in [1.82, 2.24) is 4.98 Å². The van der Waals surface area contributed by atoms with E-state index in [9.17, 15) is 9.90 Å². The summed E-state index contributed by atoms with van der Waals surface area (Å²) in [6, 6.07) is 9.59. The average Bonchev–Trinajstić information content (AvgIpc) is 3.17. The van der Waals surface area contributed by atoms with E-state index in [4.69, 9.17) is 4.74 Å². The summed E-state index contributed by atoms with van der Waals surface area (Å²) in [5, 5.41) is 9.87. The molecule has 3 aliphatic rings. The molecule has 0 bridgehead atoms. The first-order valence-corrected chi connectivity index (χ1v) is 12.4. The number of phenols is 1. The number of hydrogen-bond donors (Lipinski definition) is 1. The highest BCUT2D eigenvalue weighted by Gasteiger charge is 2.54. The second kappa shape index (κ2) is 9.64. The zero-order valence-corrected chi connectivity index (χ0v) is 19.7. The van der Waals surface area contributed by atoms with Crippen LogP contribution in [0, 0.1) is 23.2 Å². The van der Waals surface area contributed by atoms with E-state index in [0.29, 0.717) is 41.1 Å². The third-order valence-corrected chi connectivity index (χ3v) is 8.52. The number of carbonyl (C=O) groups excluding carboxylic acids is 1. The van der Waals surface area contributed by atoms with E-state index in [-0.39, 0.29) is 0 Å². The molecule has 1 heterocycles. The Kier molecular flexibility index (Phi) is 6.88. The minimum absolute atomic E-state index is 0.407. The van der Waals surface area contributed by atoms with Gasteiger partial charge in [0.05, 0.1) is 6.61 Å². The van der Waals surface area contributed by atoms with Crippen molar-refractivity contribution >= 4 is 6.29 Å². The summed E-state index contributed by atoms with van der Waals surface area (Å²) in [7, 11) is 0. The number of rotatable bonds is 5. The first kappa shape index (κ1) is 22.8. The molecule has 0 aliphatic heterocycles. The normalized spacial score (nSPS) is 30.2. The van der Waals surface area contributed by atoms with Crippen LogP contribution >= 0.6 is 0 Å². The standard InChI is InChI=1S/C26H31NO3.C2H6/c1-26-12-10-22-21-7-5-20(29)14-18(21)3-6-23(22)24(26)8-4-19(26)11-13-30-25-9-2-17(16-28)15-27-25;1-2/h2,5,7,9,14-16,19,22-24,29H,3-4,6,8,10-13H2,1H3;1-2H3. The van der Waals surface area contributed by atoms with Crippen LogP contribution in [0.4, 0.5) is 0 Å². The summed E-state index contributed by atoms with van der Waals surface area (Å²) in [6.07, 6.45) is 11.0. The van der Waals surface area contributed by atoms with Gasteiger partial charge in [0.25, 0.3) is 0 Å². The first-order chi connectivity index (χ1) is 15.6. The Morgan fingerprint density at radius 3 is 2.75 bits per heavy atom. The number of aldehydes is 1. The molecule has 5 unspecified atom stereocenters. The zero-order valence-electron chi connectivity index (χ0n) is 19.7. The number of aryl methyl sites for hydroxylation is 1. The molecular formula is C28H37NO3. The molecule has 172 valence electrons. The third kappa shape index (κ3) is 4.16. The number of aromatic nitrogens is 1. The van der Waals surface area contributed by atoms with Gasteiger partial charge in [0, 0.05) is 17.8 Å². The molecule has 1 aromatic carbocycles. The summed E-state index contributed by atoms with van der Waals surface area (Å²) in [5.74, 6) is 3.97. The summed E-state index contributed by atoms with van der Waals surface area (Å²) < 4.78 is 5.91. The highest BCUT2D eigenvalue weighted by atomic mass is 16.5. The van der Waals surface area contributed by atoms with Crippen molar-refractivity contribution in [3.63, 3.8) is 0 Å². The minimum atomic E-state index is 0.407. The molecular weight excluding hydrogens is 398 g/mol. The number of ether oxygens (including phenoxy) is 1. The smallest absolute Gasteiger partial charge is 0.213 e. The molecule has 5 atom stereocenters. The summed E-state index contributed by atoms with van der Waals surface area (Å²) in [6.45, 7) is 7.23. The molecule has 32 heavy (non-hydrogen) atoms. The van der Waals surface area contributed by atoms with Crippen molar-refractivity contribution in [2.24, 2.45) is 23.2 Å². The number of phenolic OH excluding ortho intramolecular Hbond substituents is 1. The van der Waals surface area contributed by atoms with Gasteiger partial charge in [-0.2, -0.15) is 0 Å². The SMILES string of the molecule is CC.CC12CCC3c4ccc(O)cc4CCC3C1CCC2CCOc1ccc(C=O)cn1. The largest absolute Gasteiger partial charge is 0.508 e. The molecule has 1 N–H and O–H groups in total. The topological polar surface area (TPSA) is 59.4 Å². The second-order valence-electron chi connectivity index (χ2n) is 9.80. The van der Waals surface area contributed by atoms with Crippen LogP contribution < -0.4 is 4.74 Å². The lowest BCUT2D eigenvalue weighted by Crippen LogP contribution is -2.42. The Balaban J connectivity index is 0.00000119. The van der Waals surface area contributed by atoms with Crippen molar-refractivity contribution in [3.8, 4) is 11.6 Å². The number of aromatic hydroxyl groups is 1. The van der Waals surface area contributed by atoms with Crippen LogP contribution in [0.5, 0.6) is 11.6 Å². The van der Waals surface area contributed by atoms with E-state index in [1.165, 1.54) is 43.2 Å². The maximum atomic E-state index is 10.8. The number of fused-ring (bicyclic) bond motifs is 5. The van der Waals surface area contributed by atoms with Gasteiger partial charge in [0.1, 0.15) is 5.75 Å². The second-order valence-corrected chi connectivity index (χ2v) is 9.80. The lowest BCUT2D eigenvalue weighted by molar-refractivity contribution is 0.0218. The maximum Gasteiger partial charge on any atom is 0.213 e. The van der Waals surface area contributed by atoms with E-state index < -0.39 is 0 Å². The molecule has 1 aromatic heterocycles. The fourth-order valence-electron chi connectivity index (χ4n) is 7.00. The molecule has 4 nitrogen and oxygen atoms in total. The molecule has 5 rings (SSSR count). The van der Waals surface area contributed by atoms with Crippen molar-refractivity contribution in [3.05, 3.63) is 53.2 Å². The van der Waals surface area contributed by atoms with Crippen LogP contribution in [0.25, 0.3) is 0 Å². The Morgan fingerprint density at radius 2 is 2.00 bits per heavy atom. The van der Waals surface area contributed by atoms with Crippen molar-refractivity contribution in [2.45, 2.75) is 71.6 Å². The first-order valence-electron chi connectivity index (χ1n) is 12.4. The Morgan fingerprint density at radius 1 is 1.16 bits per heavy atom. The van der Waals surface area contributed by atoms with Gasteiger partial charge < -0.3 is 9.84 Å². The molecule has 0 saturated heterocycles. The lowest BCUT2D eigenvalue weighted by atomic mass is 9.54. The van der Waals surface area contributed by atoms with Gasteiger partial charge in [-0.05, 0) is 103 Å². The van der Waals surface area contributed by atoms with E-state index in [0.717, 1.165) is 31.0 Å². The quantitative estimate of drug-likeness (QED) is 0.540. The monoisotopic (exact) mass is 435 g/mol. The molecule has 4 heteroatoms. The predicted octanol–water partition coefficient (Wildman–Crippen LogP) is 6.57. The Hall–Kier alpha value is -2.36. The fraction of sp³-hybridized carbons (Fsp3) is 0.571. The van der Waals surface area contributed by atoms with Crippen LogP contribution in [0.2, 0.25) is 0 Å². The highest BCUT2D eigenvalue weighted by molar-refractivity contribution is 5.73. The maximum absolute atomic E-state index is 10.8. The van der Waals surface area contributed by atoms with Crippen LogP contribution in [-0.4, -0.2) is 23.0 Å². The fourth-order valence-corrected chi connectivity index (χ4v) is 7.00. The molecule has 0 spiro atoms. The van der Waals surface area contributed by atoms with Gasteiger partial charge in [-0.15, -0.1) is 0 Å². The Bertz CT molecular complexity index is 925. The molecule has 2 fully saturated rings. The van der Waals surface area contributed by atoms with Gasteiger partial charge >= 0.3 is 0 Å². The van der Waals surface area contributed by atoms with E-state index >= 15 is 0 Å². The van der Waals surface area contributed by atoms with Crippen molar-refractivity contribution < 1.29 is 14.6 Å². The molecule has 0 amide bonds. The van der Waals surface area contributed by atoms with E-state index in [2.05, 4.69) is 18.0 Å². The van der Waals surface area contributed by atoms with Gasteiger partial charge in [-0.25, -0.2) is 4.98 Å². The average molecular weight is 436 g/mol. The number of hydrogen-bond acceptors (Lipinski definition) is 4. The minimum Gasteiger partial charge on any atom is -0.508 e. The predicted molar refractivity (Wildman–Crippen MR) is 127 cm³/mol. The van der Waals surface area contributed by atoms with E-state index in [1.54, 1.807) is 18.3 Å². The van der Waals surface area contributed by atoms with E-state index in [1.807, 2.05) is 26.0 Å². The third-order valence-electron chi connectivity index (χ3n) is 8.52. The summed E-state index contributed by atoms with van der Waals surface area (Å²) in [5.41, 5.74) is 3.86. The van der Waals surface area contributed by atoms with Crippen molar-refractivity contribution in [1.29, 1.82) is 0 Å². The van der Waals surface area contributed by atoms with Gasteiger partial charge in [0.2, 0.25) is 5.88 Å². The van der Waals surface area contributed by atoms with Crippen LogP contribution in [0.3, 0.4) is 0 Å². The van der Waals surface area contributed by atoms with Crippen LogP contribution in [-0.2, 0) is 6.42 Å². The molecule has 3 aliphatic carbocycles. The van der Waals surface area contributed by atoms with Crippen LogP contribution in [0.1, 0.15) is 86.7 Å². The lowest BCUT2D eigenvalue weighted by Gasteiger charge is -2.51. The number of benzene rings is 1. The summed E-state index contributed by atoms with van der Waals surface area (Å²) in [4.78, 5) is 15.0. The molecule has 0 radical (unpaired) electrons. The molecule has 2 aromatic rings. The van der Waals surface area contributed by atoms with Crippen LogP contribution in [0.15, 0.2) is 36.5 Å². The number of pyridine rings is 1. The van der Waals surface area contributed by atoms with Gasteiger partial charge in [-0.1, -0.05) is 26.8 Å². The zero-order chi connectivity index (χ0) is 22.7.